The molecular weight excluding hydrogens is 374 g/mol. The molecule has 0 radical (unpaired) electrons. The summed E-state index contributed by atoms with van der Waals surface area (Å²) < 4.78 is 10.2. The van der Waals surface area contributed by atoms with Crippen molar-refractivity contribution in [1.82, 2.24) is 5.32 Å². The van der Waals surface area contributed by atoms with Gasteiger partial charge in [0.1, 0.15) is 12.4 Å². The van der Waals surface area contributed by atoms with Gasteiger partial charge in [0.2, 0.25) is 0 Å². The minimum Gasteiger partial charge on any atom is -0.497 e. The maximum atomic E-state index is 12.4. The van der Waals surface area contributed by atoms with Crippen LogP contribution in [0.25, 0.3) is 0 Å². The van der Waals surface area contributed by atoms with Gasteiger partial charge in [0.15, 0.2) is 5.78 Å². The predicted octanol–water partition coefficient (Wildman–Crippen LogP) is 3.21. The monoisotopic (exact) mass is 399 g/mol. The van der Waals surface area contributed by atoms with E-state index in [-0.39, 0.29) is 25.2 Å². The second-order valence-electron chi connectivity index (χ2n) is 6.69. The van der Waals surface area contributed by atoms with Gasteiger partial charge in [-0.1, -0.05) is 42.5 Å². The number of ketones is 1. The number of carbonyl (C=O) groups excluding carboxylic acids is 2. The zero-order chi connectivity index (χ0) is 21.2. The van der Waals surface area contributed by atoms with Gasteiger partial charge in [-0.05, 0) is 36.6 Å². The van der Waals surface area contributed by atoms with Crippen molar-refractivity contribution < 1.29 is 29.0 Å². The minimum absolute atomic E-state index is 0.0861. The van der Waals surface area contributed by atoms with Gasteiger partial charge in [-0.2, -0.15) is 0 Å². The maximum absolute atomic E-state index is 12.4. The average molecular weight is 399 g/mol. The predicted molar refractivity (Wildman–Crippen MR) is 107 cm³/mol. The molecule has 2 atom stereocenters. The van der Waals surface area contributed by atoms with E-state index in [1.807, 2.05) is 30.3 Å². The highest BCUT2D eigenvalue weighted by atomic mass is 16.5. The van der Waals surface area contributed by atoms with Gasteiger partial charge in [0.05, 0.1) is 19.1 Å². The third kappa shape index (κ3) is 7.29. The van der Waals surface area contributed by atoms with Crippen LogP contribution in [-0.2, 0) is 27.4 Å². The van der Waals surface area contributed by atoms with Gasteiger partial charge in [0, 0.05) is 6.42 Å². The fourth-order valence-electron chi connectivity index (χ4n) is 2.73. The average Bonchev–Trinajstić information content (AvgIpc) is 2.72. The number of carboxylic acids is 1. The van der Waals surface area contributed by atoms with Crippen molar-refractivity contribution in [1.29, 1.82) is 0 Å². The van der Waals surface area contributed by atoms with E-state index in [0.717, 1.165) is 11.1 Å². The highest BCUT2D eigenvalue weighted by Gasteiger charge is 2.25. The smallest absolute Gasteiger partial charge is 0.408 e. The summed E-state index contributed by atoms with van der Waals surface area (Å²) in [5, 5.41) is 11.9. The summed E-state index contributed by atoms with van der Waals surface area (Å²) in [5.74, 6) is -1.65. The molecule has 2 aromatic rings. The van der Waals surface area contributed by atoms with Crippen LogP contribution in [0.4, 0.5) is 4.79 Å². The molecule has 2 rings (SSSR count). The molecule has 2 aromatic carbocycles. The summed E-state index contributed by atoms with van der Waals surface area (Å²) in [6.45, 7) is 1.60. The summed E-state index contributed by atoms with van der Waals surface area (Å²) in [5.41, 5.74) is 1.61. The molecule has 0 fully saturated rings. The number of Topliss-reactive ketones (excluding diaryl/α,β-unsaturated/α-hetero) is 1. The van der Waals surface area contributed by atoms with Gasteiger partial charge in [-0.25, -0.2) is 4.79 Å². The lowest BCUT2D eigenvalue weighted by Gasteiger charge is -2.17. The van der Waals surface area contributed by atoms with Crippen LogP contribution in [0.3, 0.4) is 0 Å². The van der Waals surface area contributed by atoms with Gasteiger partial charge >= 0.3 is 12.1 Å². The molecular formula is C22H25NO6. The molecule has 154 valence electrons. The summed E-state index contributed by atoms with van der Waals surface area (Å²) in [6, 6.07) is 15.3. The number of carboxylic acid groups (broad SMARTS) is 1. The standard InChI is InChI=1S/C22H25NO6/c1-15(23-22(27)29-14-17-6-4-3-5-7-17)20(24)13-18(21(25)26)12-16-8-10-19(28-2)11-9-16/h3-11,15,18H,12-14H2,1-2H3,(H,23,27)(H,25,26)/t15-,18?/m0/s1. The second kappa shape index (κ2) is 10.8. The number of methoxy groups -OCH3 is 1. The molecule has 0 saturated carbocycles. The fraction of sp³-hybridized carbons (Fsp3) is 0.318. The quantitative estimate of drug-likeness (QED) is 0.636. The number of ether oxygens (including phenoxy) is 2. The Hall–Kier alpha value is -3.35. The van der Waals surface area contributed by atoms with Crippen LogP contribution in [0.5, 0.6) is 5.75 Å². The lowest BCUT2D eigenvalue weighted by molar-refractivity contribution is -0.143. The van der Waals surface area contributed by atoms with Crippen molar-refractivity contribution in [3.63, 3.8) is 0 Å². The summed E-state index contributed by atoms with van der Waals surface area (Å²) in [4.78, 5) is 35.9. The van der Waals surface area contributed by atoms with Crippen molar-refractivity contribution in [3.8, 4) is 5.75 Å². The Morgan fingerprint density at radius 1 is 1.00 bits per heavy atom. The molecule has 0 spiro atoms. The molecule has 0 aromatic heterocycles. The lowest BCUT2D eigenvalue weighted by Crippen LogP contribution is -2.40. The van der Waals surface area contributed by atoms with Crippen LogP contribution in [0.2, 0.25) is 0 Å². The van der Waals surface area contributed by atoms with E-state index in [1.54, 1.807) is 31.4 Å². The van der Waals surface area contributed by atoms with Crippen LogP contribution < -0.4 is 10.1 Å². The van der Waals surface area contributed by atoms with Gasteiger partial charge in [-0.3, -0.25) is 9.59 Å². The molecule has 0 aliphatic rings. The summed E-state index contributed by atoms with van der Waals surface area (Å²) in [7, 11) is 1.55. The topological polar surface area (TPSA) is 102 Å². The summed E-state index contributed by atoms with van der Waals surface area (Å²) >= 11 is 0. The molecule has 0 aliphatic heterocycles. The number of hydrogen-bond acceptors (Lipinski definition) is 5. The Kier molecular flexibility index (Phi) is 8.21. The van der Waals surface area contributed by atoms with E-state index in [9.17, 15) is 19.5 Å². The first-order valence-electron chi connectivity index (χ1n) is 9.24. The molecule has 1 amide bonds. The zero-order valence-electron chi connectivity index (χ0n) is 16.5. The van der Waals surface area contributed by atoms with Gasteiger partial charge < -0.3 is 19.9 Å². The number of hydrogen-bond donors (Lipinski definition) is 2. The van der Waals surface area contributed by atoms with E-state index >= 15 is 0 Å². The third-order valence-corrected chi connectivity index (χ3v) is 4.47. The first-order chi connectivity index (χ1) is 13.9. The second-order valence-corrected chi connectivity index (χ2v) is 6.69. The van der Waals surface area contributed by atoms with E-state index in [0.29, 0.717) is 5.75 Å². The minimum atomic E-state index is -1.06. The maximum Gasteiger partial charge on any atom is 0.408 e. The van der Waals surface area contributed by atoms with Crippen LogP contribution in [0.15, 0.2) is 54.6 Å². The Morgan fingerprint density at radius 2 is 1.66 bits per heavy atom. The molecule has 1 unspecified atom stereocenters. The number of nitrogens with one attached hydrogen (secondary N) is 1. The van der Waals surface area contributed by atoms with E-state index in [1.165, 1.54) is 6.92 Å². The van der Waals surface area contributed by atoms with Crippen LogP contribution in [0.1, 0.15) is 24.5 Å². The third-order valence-electron chi connectivity index (χ3n) is 4.47. The number of rotatable bonds is 10. The Bertz CT molecular complexity index is 819. The number of amides is 1. The van der Waals surface area contributed by atoms with Crippen molar-refractivity contribution in [2.45, 2.75) is 32.4 Å². The highest BCUT2D eigenvalue weighted by molar-refractivity contribution is 5.89. The molecule has 7 heteroatoms. The Labute approximate surface area is 169 Å². The van der Waals surface area contributed by atoms with Gasteiger partial charge in [0.25, 0.3) is 0 Å². The van der Waals surface area contributed by atoms with Crippen LogP contribution in [0, 0.1) is 5.92 Å². The van der Waals surface area contributed by atoms with E-state index in [4.69, 9.17) is 9.47 Å². The number of alkyl carbamates (subject to hydrolysis) is 1. The number of carbonyl (C=O) groups is 3. The van der Waals surface area contributed by atoms with Crippen LogP contribution >= 0.6 is 0 Å². The van der Waals surface area contributed by atoms with Gasteiger partial charge in [-0.15, -0.1) is 0 Å². The van der Waals surface area contributed by atoms with E-state index in [2.05, 4.69) is 5.32 Å². The lowest BCUT2D eigenvalue weighted by atomic mass is 9.92. The normalized spacial score (nSPS) is 12.5. The first-order valence-corrected chi connectivity index (χ1v) is 9.24. The Balaban J connectivity index is 1.85. The van der Waals surface area contributed by atoms with Crippen molar-refractivity contribution >= 4 is 17.8 Å². The van der Waals surface area contributed by atoms with Crippen molar-refractivity contribution in [3.05, 3.63) is 65.7 Å². The van der Waals surface area contributed by atoms with Crippen molar-refractivity contribution in [2.24, 2.45) is 5.92 Å². The molecule has 29 heavy (non-hydrogen) atoms. The van der Waals surface area contributed by atoms with E-state index < -0.39 is 24.0 Å². The molecule has 0 saturated heterocycles. The number of benzene rings is 2. The fourth-order valence-corrected chi connectivity index (χ4v) is 2.73. The SMILES string of the molecule is COc1ccc(CC(CC(=O)[C@H](C)NC(=O)OCc2ccccc2)C(=O)O)cc1. The Morgan fingerprint density at radius 3 is 2.24 bits per heavy atom. The molecule has 0 bridgehead atoms. The first kappa shape index (κ1) is 21.9. The molecule has 7 nitrogen and oxygen atoms in total. The molecule has 0 heterocycles. The summed E-state index contributed by atoms with van der Waals surface area (Å²) in [6.07, 6.45) is -0.714. The van der Waals surface area contributed by atoms with Crippen LogP contribution in [-0.4, -0.2) is 36.1 Å². The highest BCUT2D eigenvalue weighted by Crippen LogP contribution is 2.18. The zero-order valence-corrected chi connectivity index (χ0v) is 16.5. The van der Waals surface area contributed by atoms with Crippen molar-refractivity contribution in [2.75, 3.05) is 7.11 Å². The largest absolute Gasteiger partial charge is 0.497 e. The molecule has 0 aliphatic carbocycles. The molecule has 2 N–H and O–H groups in total. The number of aliphatic carboxylic acids is 1.